The van der Waals surface area contributed by atoms with Crippen LogP contribution in [0.3, 0.4) is 0 Å². The van der Waals surface area contributed by atoms with Gasteiger partial charge in [0.05, 0.1) is 23.3 Å². The number of thiophene rings is 1. The predicted molar refractivity (Wildman–Crippen MR) is 191 cm³/mol. The smallest absolute Gasteiger partial charge is 0.341 e. The molecule has 0 atom stereocenters. The van der Waals surface area contributed by atoms with Crippen molar-refractivity contribution < 1.29 is 28.8 Å². The largest absolute Gasteiger partial charge is 0.465 e. The van der Waals surface area contributed by atoms with Gasteiger partial charge in [-0.05, 0) is 85.4 Å². The quantitative estimate of drug-likeness (QED) is 0.0487. The van der Waals surface area contributed by atoms with Gasteiger partial charge in [0.1, 0.15) is 10.7 Å². The number of benzene rings is 3. The molecule has 1 aromatic heterocycles. The number of nitro groups is 1. The van der Waals surface area contributed by atoms with Gasteiger partial charge >= 0.3 is 5.97 Å². The third-order valence-electron chi connectivity index (χ3n) is 7.72. The Morgan fingerprint density at radius 2 is 1.65 bits per heavy atom. The van der Waals surface area contributed by atoms with Crippen molar-refractivity contribution in [2.45, 2.75) is 43.4 Å². The molecule has 4 aromatic rings. The summed E-state index contributed by atoms with van der Waals surface area (Å²) >= 11 is 2.70. The number of nitrogens with zero attached hydrogens (tertiary/aromatic N) is 1. The van der Waals surface area contributed by atoms with Crippen LogP contribution in [0.2, 0.25) is 0 Å². The molecule has 3 aromatic carbocycles. The van der Waals surface area contributed by atoms with E-state index in [-0.39, 0.29) is 23.0 Å². The van der Waals surface area contributed by atoms with Crippen molar-refractivity contribution in [3.63, 3.8) is 0 Å². The van der Waals surface area contributed by atoms with Crippen LogP contribution in [0.1, 0.15) is 62.4 Å². The Balaban J connectivity index is 1.28. The zero-order chi connectivity index (χ0) is 34.8. The van der Waals surface area contributed by atoms with Crippen molar-refractivity contribution in [3.8, 4) is 0 Å². The lowest BCUT2D eigenvalue weighted by atomic mass is 9.96. The maximum Gasteiger partial charge on any atom is 0.341 e. The maximum absolute atomic E-state index is 13.5. The molecule has 3 N–H and O–H groups in total. The molecule has 11 nitrogen and oxygen atoms in total. The van der Waals surface area contributed by atoms with E-state index in [1.165, 1.54) is 60.5 Å². The molecule has 252 valence electrons. The Labute approximate surface area is 291 Å². The van der Waals surface area contributed by atoms with Gasteiger partial charge in [0.2, 0.25) is 5.91 Å². The van der Waals surface area contributed by atoms with Crippen LogP contribution in [0.25, 0.3) is 6.08 Å². The Kier molecular flexibility index (Phi) is 12.0. The summed E-state index contributed by atoms with van der Waals surface area (Å²) in [6, 6.07) is 20.9. The van der Waals surface area contributed by atoms with Crippen LogP contribution in [0.4, 0.5) is 16.4 Å². The summed E-state index contributed by atoms with van der Waals surface area (Å²) in [6.45, 7) is 0. The zero-order valence-corrected chi connectivity index (χ0v) is 28.3. The van der Waals surface area contributed by atoms with Gasteiger partial charge in [-0.3, -0.25) is 24.5 Å². The molecule has 13 heteroatoms. The van der Waals surface area contributed by atoms with Gasteiger partial charge in [-0.15, -0.1) is 23.1 Å². The van der Waals surface area contributed by atoms with E-state index < -0.39 is 22.7 Å². The van der Waals surface area contributed by atoms with Gasteiger partial charge in [-0.2, -0.15) is 0 Å². The van der Waals surface area contributed by atoms with Gasteiger partial charge in [-0.25, -0.2) is 4.79 Å². The molecule has 0 aliphatic heterocycles. The second-order valence-corrected chi connectivity index (χ2v) is 13.3. The molecule has 49 heavy (non-hydrogen) atoms. The summed E-state index contributed by atoms with van der Waals surface area (Å²) in [5.41, 5.74) is 2.47. The Morgan fingerprint density at radius 3 is 2.37 bits per heavy atom. The maximum atomic E-state index is 13.5. The SMILES string of the molecule is COC(=O)c1c(NC(=O)CSc2cccc(NC(=O)/C(=C\c3ccc([N+](=O)[O-])cc3)NC(=O)c3ccccc3)c2)sc2c1CCCCCC2. The van der Waals surface area contributed by atoms with Gasteiger partial charge < -0.3 is 20.7 Å². The van der Waals surface area contributed by atoms with E-state index in [4.69, 9.17) is 4.74 Å². The Bertz CT molecular complexity index is 1890. The zero-order valence-electron chi connectivity index (χ0n) is 26.7. The number of nitrogens with one attached hydrogen (secondary N) is 3. The fraction of sp³-hybridized carbons (Fsp3) is 0.222. The normalized spacial score (nSPS) is 12.9. The van der Waals surface area contributed by atoms with Crippen molar-refractivity contribution in [2.24, 2.45) is 0 Å². The van der Waals surface area contributed by atoms with Crippen molar-refractivity contribution in [2.75, 3.05) is 23.5 Å². The number of hydrogen-bond donors (Lipinski definition) is 3. The second kappa shape index (κ2) is 16.7. The number of carbonyl (C=O) groups is 4. The summed E-state index contributed by atoms with van der Waals surface area (Å²) in [4.78, 5) is 64.6. The minimum Gasteiger partial charge on any atom is -0.465 e. The summed E-state index contributed by atoms with van der Waals surface area (Å²) in [5, 5.41) is 19.9. The number of amides is 3. The fourth-order valence-corrected chi connectivity index (χ4v) is 7.35. The monoisotopic (exact) mass is 698 g/mol. The summed E-state index contributed by atoms with van der Waals surface area (Å²) < 4.78 is 5.06. The number of esters is 1. The topological polar surface area (TPSA) is 157 Å². The molecule has 0 radical (unpaired) electrons. The Hall–Kier alpha value is -5.27. The van der Waals surface area contributed by atoms with Crippen molar-refractivity contribution in [1.82, 2.24) is 5.32 Å². The number of hydrogen-bond acceptors (Lipinski definition) is 9. The van der Waals surface area contributed by atoms with Crippen molar-refractivity contribution >= 4 is 69.2 Å². The summed E-state index contributed by atoms with van der Waals surface area (Å²) in [5.74, 6) is -1.81. The summed E-state index contributed by atoms with van der Waals surface area (Å²) in [6.07, 6.45) is 7.34. The van der Waals surface area contributed by atoms with E-state index >= 15 is 0 Å². The first-order valence-electron chi connectivity index (χ1n) is 15.6. The number of thioether (sulfide) groups is 1. The molecule has 0 saturated carbocycles. The number of ether oxygens (including phenoxy) is 1. The minimum absolute atomic E-state index is 0.0546. The van der Waals surface area contributed by atoms with Crippen LogP contribution >= 0.6 is 23.1 Å². The van der Waals surface area contributed by atoms with Crippen molar-refractivity contribution in [3.05, 3.63) is 122 Å². The number of non-ortho nitro benzene ring substituents is 1. The molecular weight excluding hydrogens is 665 g/mol. The molecule has 5 rings (SSSR count). The summed E-state index contributed by atoms with van der Waals surface area (Å²) in [7, 11) is 1.34. The molecule has 0 unspecified atom stereocenters. The van der Waals surface area contributed by atoms with Crippen LogP contribution in [0.5, 0.6) is 0 Å². The number of anilines is 2. The van der Waals surface area contributed by atoms with Gasteiger partial charge in [0, 0.05) is 33.2 Å². The van der Waals surface area contributed by atoms with E-state index in [9.17, 15) is 29.3 Å². The third kappa shape index (κ3) is 9.42. The van der Waals surface area contributed by atoms with Gasteiger partial charge in [-0.1, -0.05) is 37.1 Å². The first-order valence-corrected chi connectivity index (χ1v) is 17.4. The van der Waals surface area contributed by atoms with E-state index in [1.54, 1.807) is 54.6 Å². The van der Waals surface area contributed by atoms with E-state index in [1.807, 2.05) is 0 Å². The van der Waals surface area contributed by atoms with E-state index in [0.29, 0.717) is 32.3 Å². The van der Waals surface area contributed by atoms with E-state index in [2.05, 4.69) is 16.0 Å². The number of aryl methyl sites for hydroxylation is 1. The molecule has 0 saturated heterocycles. The second-order valence-electron chi connectivity index (χ2n) is 11.2. The predicted octanol–water partition coefficient (Wildman–Crippen LogP) is 7.24. The minimum atomic E-state index is -0.619. The van der Waals surface area contributed by atoms with Gasteiger partial charge in [0.15, 0.2) is 0 Å². The molecule has 3 amide bonds. The van der Waals surface area contributed by atoms with Crippen LogP contribution in [0.15, 0.2) is 89.5 Å². The first-order chi connectivity index (χ1) is 23.7. The highest BCUT2D eigenvalue weighted by Gasteiger charge is 2.26. The molecule has 1 aliphatic rings. The van der Waals surface area contributed by atoms with Crippen LogP contribution in [-0.4, -0.2) is 41.5 Å². The number of methoxy groups -OCH3 is 1. The average molecular weight is 699 g/mol. The standard InChI is InChI=1S/C36H34N4O7S2/c1-47-36(44)32-28-14-7-2-3-8-15-30(28)49-35(32)39-31(41)22-48-27-13-9-12-25(21-27)37-34(43)29(38-33(42)24-10-5-4-6-11-24)20-23-16-18-26(19-17-23)40(45)46/h4-6,9-13,16-21H,2-3,7-8,14-15,22H2,1H3,(H,37,43)(H,38,42)(H,39,41)/b29-20+. The molecule has 1 heterocycles. The lowest BCUT2D eigenvalue weighted by Crippen LogP contribution is -2.30. The number of rotatable bonds is 11. The first kappa shape index (κ1) is 35.0. The number of fused-ring (bicyclic) bond motifs is 1. The number of carbonyl (C=O) groups excluding carboxylic acids is 4. The van der Waals surface area contributed by atoms with Crippen LogP contribution in [-0.2, 0) is 27.2 Å². The lowest BCUT2D eigenvalue weighted by molar-refractivity contribution is -0.384. The van der Waals surface area contributed by atoms with Crippen LogP contribution < -0.4 is 16.0 Å². The van der Waals surface area contributed by atoms with E-state index in [0.717, 1.165) is 49.0 Å². The highest BCUT2D eigenvalue weighted by atomic mass is 32.2. The fourth-order valence-electron chi connectivity index (χ4n) is 5.30. The van der Waals surface area contributed by atoms with Crippen molar-refractivity contribution in [1.29, 1.82) is 0 Å². The molecule has 0 bridgehead atoms. The van der Waals surface area contributed by atoms with Crippen LogP contribution in [0, 0.1) is 10.1 Å². The third-order valence-corrected chi connectivity index (χ3v) is 9.92. The molecular formula is C36H34N4O7S2. The Morgan fingerprint density at radius 1 is 0.918 bits per heavy atom. The lowest BCUT2D eigenvalue weighted by Gasteiger charge is -2.12. The molecule has 0 spiro atoms. The van der Waals surface area contributed by atoms with Gasteiger partial charge in [0.25, 0.3) is 17.5 Å². The number of nitro benzene ring substituents is 1. The molecule has 1 aliphatic carbocycles. The molecule has 0 fully saturated rings. The highest BCUT2D eigenvalue weighted by molar-refractivity contribution is 8.00. The highest BCUT2D eigenvalue weighted by Crippen LogP contribution is 2.38. The average Bonchev–Trinajstić information content (AvgIpc) is 3.42.